The number of thioether (sulfide) groups is 1. The number of aromatic nitrogens is 1. The molecule has 0 fully saturated rings. The van der Waals surface area contributed by atoms with Gasteiger partial charge < -0.3 is 15.4 Å². The summed E-state index contributed by atoms with van der Waals surface area (Å²) in [6.45, 7) is -2.86. The maximum atomic E-state index is 12.3. The molecule has 1 aromatic heterocycles. The number of hydrogen-bond donors (Lipinski definition) is 2. The molecule has 3 rings (SSSR count). The molecule has 140 valence electrons. The van der Waals surface area contributed by atoms with Crippen LogP contribution in [-0.2, 0) is 0 Å². The Morgan fingerprint density at radius 3 is 2.67 bits per heavy atom. The number of ether oxygens (including phenoxy) is 1. The van der Waals surface area contributed by atoms with Crippen LogP contribution in [0.2, 0.25) is 0 Å². The molecule has 9 heteroatoms. The van der Waals surface area contributed by atoms with Gasteiger partial charge in [0, 0.05) is 21.7 Å². The Kier molecular flexibility index (Phi) is 6.25. The molecule has 0 radical (unpaired) electrons. The van der Waals surface area contributed by atoms with Crippen molar-refractivity contribution < 1.29 is 18.3 Å². The molecule has 0 saturated carbocycles. The van der Waals surface area contributed by atoms with Gasteiger partial charge >= 0.3 is 6.61 Å². The summed E-state index contributed by atoms with van der Waals surface area (Å²) in [7, 11) is 0. The lowest BCUT2D eigenvalue weighted by atomic mass is 10.3. The van der Waals surface area contributed by atoms with Gasteiger partial charge in [0.05, 0.1) is 0 Å². The average molecular weight is 407 g/mol. The van der Waals surface area contributed by atoms with Crippen LogP contribution in [-0.4, -0.2) is 23.8 Å². The Bertz CT molecular complexity index is 917. The monoisotopic (exact) mass is 407 g/mol. The van der Waals surface area contributed by atoms with Gasteiger partial charge in [-0.2, -0.15) is 8.78 Å². The van der Waals surface area contributed by atoms with Gasteiger partial charge in [0.25, 0.3) is 5.91 Å². The van der Waals surface area contributed by atoms with Gasteiger partial charge in [0.2, 0.25) is 0 Å². The lowest BCUT2D eigenvalue weighted by Crippen LogP contribution is -2.12. The van der Waals surface area contributed by atoms with E-state index in [-0.39, 0.29) is 17.4 Å². The SMILES string of the molecule is CSc1cccc(NC(=O)c2csc(Nc3ccc(OC(F)F)cc3)n2)c1. The highest BCUT2D eigenvalue weighted by Gasteiger charge is 2.12. The number of nitrogens with zero attached hydrogens (tertiary/aromatic N) is 1. The van der Waals surface area contributed by atoms with Crippen molar-refractivity contribution in [3.8, 4) is 5.75 Å². The lowest BCUT2D eigenvalue weighted by Gasteiger charge is -2.06. The smallest absolute Gasteiger partial charge is 0.387 e. The number of anilines is 3. The molecule has 0 spiro atoms. The fourth-order valence-corrected chi connectivity index (χ4v) is 3.34. The summed E-state index contributed by atoms with van der Waals surface area (Å²) in [5.41, 5.74) is 1.63. The molecule has 0 aliphatic carbocycles. The maximum Gasteiger partial charge on any atom is 0.387 e. The van der Waals surface area contributed by atoms with Crippen molar-refractivity contribution in [2.24, 2.45) is 0 Å². The molecule has 1 heterocycles. The second kappa shape index (κ2) is 8.83. The number of rotatable bonds is 7. The molecule has 0 bridgehead atoms. The number of thiazole rings is 1. The minimum absolute atomic E-state index is 0.0715. The quantitative estimate of drug-likeness (QED) is 0.509. The number of nitrogens with one attached hydrogen (secondary N) is 2. The molecular weight excluding hydrogens is 392 g/mol. The molecule has 0 aliphatic rings. The van der Waals surface area contributed by atoms with E-state index in [1.165, 1.54) is 23.5 Å². The van der Waals surface area contributed by atoms with Crippen LogP contribution < -0.4 is 15.4 Å². The molecule has 0 atom stereocenters. The third-order valence-corrected chi connectivity index (χ3v) is 4.88. The molecule has 0 saturated heterocycles. The zero-order valence-electron chi connectivity index (χ0n) is 14.1. The molecule has 3 aromatic rings. The predicted octanol–water partition coefficient (Wildman–Crippen LogP) is 5.46. The van der Waals surface area contributed by atoms with Crippen LogP contribution >= 0.6 is 23.1 Å². The summed E-state index contributed by atoms with van der Waals surface area (Å²) in [5.74, 6) is -0.236. The largest absolute Gasteiger partial charge is 0.435 e. The first-order valence-electron chi connectivity index (χ1n) is 7.76. The van der Waals surface area contributed by atoms with Crippen LogP contribution in [0, 0.1) is 0 Å². The van der Waals surface area contributed by atoms with Gasteiger partial charge in [-0.1, -0.05) is 6.07 Å². The van der Waals surface area contributed by atoms with Gasteiger partial charge in [0.1, 0.15) is 11.4 Å². The highest BCUT2D eigenvalue weighted by atomic mass is 32.2. The van der Waals surface area contributed by atoms with Crippen LogP contribution in [0.15, 0.2) is 58.8 Å². The average Bonchev–Trinajstić information content (AvgIpc) is 3.12. The van der Waals surface area contributed by atoms with Crippen molar-refractivity contribution in [1.82, 2.24) is 4.98 Å². The van der Waals surface area contributed by atoms with Gasteiger partial charge in [-0.25, -0.2) is 4.98 Å². The highest BCUT2D eigenvalue weighted by molar-refractivity contribution is 7.98. The van der Waals surface area contributed by atoms with Crippen LogP contribution in [0.4, 0.5) is 25.3 Å². The number of benzene rings is 2. The Labute approximate surface area is 162 Å². The Balaban J connectivity index is 1.62. The molecule has 2 aromatic carbocycles. The second-order valence-electron chi connectivity index (χ2n) is 5.25. The van der Waals surface area contributed by atoms with E-state index in [0.717, 1.165) is 4.90 Å². The van der Waals surface area contributed by atoms with Crippen molar-refractivity contribution in [1.29, 1.82) is 0 Å². The summed E-state index contributed by atoms with van der Waals surface area (Å²) in [4.78, 5) is 17.6. The zero-order valence-corrected chi connectivity index (χ0v) is 15.7. The normalized spacial score (nSPS) is 10.7. The molecule has 27 heavy (non-hydrogen) atoms. The Morgan fingerprint density at radius 1 is 1.19 bits per heavy atom. The fraction of sp³-hybridized carbons (Fsp3) is 0.111. The van der Waals surface area contributed by atoms with Crippen molar-refractivity contribution in [3.63, 3.8) is 0 Å². The molecule has 0 unspecified atom stereocenters. The molecular formula is C18H15F2N3O2S2. The van der Waals surface area contributed by atoms with Crippen molar-refractivity contribution in [3.05, 3.63) is 59.6 Å². The lowest BCUT2D eigenvalue weighted by molar-refractivity contribution is -0.0498. The van der Waals surface area contributed by atoms with Crippen LogP contribution in [0.5, 0.6) is 5.75 Å². The predicted molar refractivity (Wildman–Crippen MR) is 105 cm³/mol. The second-order valence-corrected chi connectivity index (χ2v) is 6.99. The van der Waals surface area contributed by atoms with E-state index in [9.17, 15) is 13.6 Å². The first-order valence-corrected chi connectivity index (χ1v) is 9.87. The summed E-state index contributed by atoms with van der Waals surface area (Å²) < 4.78 is 28.6. The van der Waals surface area contributed by atoms with Gasteiger partial charge in [-0.3, -0.25) is 4.79 Å². The van der Waals surface area contributed by atoms with E-state index in [4.69, 9.17) is 0 Å². The first-order chi connectivity index (χ1) is 13.0. The number of amides is 1. The van der Waals surface area contributed by atoms with E-state index in [1.807, 2.05) is 30.5 Å². The standard InChI is InChI=1S/C18H15F2N3O2S2/c1-26-14-4-2-3-12(9-14)21-16(24)15-10-27-18(23-15)22-11-5-7-13(8-6-11)25-17(19)20/h2-10,17H,1H3,(H,21,24)(H,22,23). The first kappa shape index (κ1) is 19.1. The van der Waals surface area contributed by atoms with E-state index in [0.29, 0.717) is 16.5 Å². The van der Waals surface area contributed by atoms with Crippen molar-refractivity contribution in [2.75, 3.05) is 16.9 Å². The number of alkyl halides is 2. The maximum absolute atomic E-state index is 12.3. The van der Waals surface area contributed by atoms with Crippen LogP contribution in [0.25, 0.3) is 0 Å². The van der Waals surface area contributed by atoms with Gasteiger partial charge in [-0.15, -0.1) is 23.1 Å². The third-order valence-electron chi connectivity index (χ3n) is 3.40. The Hall–Kier alpha value is -2.65. The van der Waals surface area contributed by atoms with E-state index in [1.54, 1.807) is 29.3 Å². The molecule has 0 aliphatic heterocycles. The molecule has 2 N–H and O–H groups in total. The summed E-state index contributed by atoms with van der Waals surface area (Å²) in [6.07, 6.45) is 1.96. The van der Waals surface area contributed by atoms with E-state index >= 15 is 0 Å². The van der Waals surface area contributed by atoms with Gasteiger partial charge in [-0.05, 0) is 48.7 Å². The number of carbonyl (C=O) groups excluding carboxylic acids is 1. The van der Waals surface area contributed by atoms with Crippen molar-refractivity contribution >= 4 is 45.5 Å². The number of carbonyl (C=O) groups is 1. The molecule has 5 nitrogen and oxygen atoms in total. The van der Waals surface area contributed by atoms with Crippen LogP contribution in [0.1, 0.15) is 10.5 Å². The van der Waals surface area contributed by atoms with Gasteiger partial charge in [0.15, 0.2) is 5.13 Å². The topological polar surface area (TPSA) is 63.2 Å². The summed E-state index contributed by atoms with van der Waals surface area (Å²) in [6, 6.07) is 13.6. The fourth-order valence-electron chi connectivity index (χ4n) is 2.17. The zero-order chi connectivity index (χ0) is 19.2. The minimum Gasteiger partial charge on any atom is -0.435 e. The summed E-state index contributed by atoms with van der Waals surface area (Å²) in [5, 5.41) is 7.99. The van der Waals surface area contributed by atoms with E-state index < -0.39 is 6.61 Å². The third kappa shape index (κ3) is 5.41. The summed E-state index contributed by atoms with van der Waals surface area (Å²) >= 11 is 2.86. The number of hydrogen-bond acceptors (Lipinski definition) is 6. The Morgan fingerprint density at radius 2 is 1.96 bits per heavy atom. The van der Waals surface area contributed by atoms with E-state index in [2.05, 4.69) is 20.4 Å². The minimum atomic E-state index is -2.86. The highest BCUT2D eigenvalue weighted by Crippen LogP contribution is 2.24. The van der Waals surface area contributed by atoms with Crippen LogP contribution in [0.3, 0.4) is 0 Å². The number of halogens is 2. The van der Waals surface area contributed by atoms with Crippen molar-refractivity contribution in [2.45, 2.75) is 11.5 Å². The molecule has 1 amide bonds.